The van der Waals surface area contributed by atoms with Crippen molar-refractivity contribution in [3.05, 3.63) is 100 Å². The summed E-state index contributed by atoms with van der Waals surface area (Å²) >= 11 is 3.41. The highest BCUT2D eigenvalue weighted by molar-refractivity contribution is 9.10. The Morgan fingerprint density at radius 2 is 1.64 bits per heavy atom. The summed E-state index contributed by atoms with van der Waals surface area (Å²) in [5.41, 5.74) is 5.43. The van der Waals surface area contributed by atoms with Gasteiger partial charge in [-0.2, -0.15) is 0 Å². The molecule has 0 N–H and O–H groups in total. The number of aromatic nitrogens is 1. The van der Waals surface area contributed by atoms with Crippen LogP contribution in [0.15, 0.2) is 83.5 Å². The Morgan fingerprint density at radius 1 is 0.970 bits per heavy atom. The number of benzene rings is 2. The second-order valence-electron chi connectivity index (χ2n) is 8.83. The zero-order valence-corrected chi connectivity index (χ0v) is 19.8. The molecule has 5 rings (SSSR count). The third kappa shape index (κ3) is 4.30. The molecule has 4 nitrogen and oxygen atoms in total. The number of halogens is 1. The van der Waals surface area contributed by atoms with Crippen molar-refractivity contribution in [1.29, 1.82) is 0 Å². The quantitative estimate of drug-likeness (QED) is 0.288. The molecule has 1 heterocycles. The summed E-state index contributed by atoms with van der Waals surface area (Å²) in [5, 5.41) is 0. The van der Waals surface area contributed by atoms with Crippen molar-refractivity contribution in [2.45, 2.75) is 37.0 Å². The molecule has 1 fully saturated rings. The van der Waals surface area contributed by atoms with Crippen molar-refractivity contribution in [1.82, 2.24) is 4.98 Å². The van der Waals surface area contributed by atoms with E-state index < -0.39 is 5.97 Å². The Bertz CT molecular complexity index is 1180. The zero-order chi connectivity index (χ0) is 22.8. The van der Waals surface area contributed by atoms with E-state index in [2.05, 4.69) is 45.2 Å². The molecule has 1 saturated carbocycles. The van der Waals surface area contributed by atoms with Crippen LogP contribution >= 0.6 is 15.9 Å². The van der Waals surface area contributed by atoms with Crippen molar-refractivity contribution in [3.63, 3.8) is 0 Å². The summed E-state index contributed by atoms with van der Waals surface area (Å²) in [5.74, 6) is -0.560. The lowest BCUT2D eigenvalue weighted by atomic mass is 9.63. The molecular weight excluding hydrogens is 478 g/mol. The zero-order valence-electron chi connectivity index (χ0n) is 18.2. The average molecular weight is 502 g/mol. The fourth-order valence-corrected chi connectivity index (χ4v) is 5.26. The van der Waals surface area contributed by atoms with Crippen LogP contribution in [0.3, 0.4) is 0 Å². The molecule has 0 atom stereocenters. The number of hydrogen-bond acceptors (Lipinski definition) is 4. The number of ketones is 1. The van der Waals surface area contributed by atoms with E-state index in [9.17, 15) is 9.59 Å². The number of hydrogen-bond donors (Lipinski definition) is 0. The Hall–Kier alpha value is -3.05. The van der Waals surface area contributed by atoms with Gasteiger partial charge in [0.05, 0.1) is 0 Å². The number of ether oxygens (including phenoxy) is 1. The van der Waals surface area contributed by atoms with Crippen molar-refractivity contribution in [2.24, 2.45) is 0 Å². The van der Waals surface area contributed by atoms with Crippen LogP contribution in [0.5, 0.6) is 0 Å². The standard InChI is InChI=1S/C28H24BrNO3/c29-19-10-12-26(30-17-19)28(14-5-15-28)16-20(31)11-13-27(32)33-18-25-23-8-3-1-6-21(23)22-7-2-4-9-24(22)25/h1-4,6-13,17,25H,5,14-16,18H2/b13-11+. The number of allylic oxidation sites excluding steroid dienone is 1. The van der Waals surface area contributed by atoms with Gasteiger partial charge in [-0.3, -0.25) is 9.78 Å². The number of pyridine rings is 1. The monoisotopic (exact) mass is 501 g/mol. The second-order valence-corrected chi connectivity index (χ2v) is 9.74. The highest BCUT2D eigenvalue weighted by Crippen LogP contribution is 2.46. The van der Waals surface area contributed by atoms with Crippen LogP contribution < -0.4 is 0 Å². The van der Waals surface area contributed by atoms with Gasteiger partial charge in [0.25, 0.3) is 0 Å². The van der Waals surface area contributed by atoms with E-state index in [1.54, 1.807) is 6.20 Å². The van der Waals surface area contributed by atoms with Crippen LogP contribution in [0.25, 0.3) is 11.1 Å². The van der Waals surface area contributed by atoms with Gasteiger partial charge < -0.3 is 4.74 Å². The van der Waals surface area contributed by atoms with Crippen LogP contribution in [-0.4, -0.2) is 23.3 Å². The number of carbonyl (C=O) groups is 2. The number of nitrogens with zero attached hydrogens (tertiary/aromatic N) is 1. The number of rotatable bonds is 7. The Kier molecular flexibility index (Phi) is 5.98. The smallest absolute Gasteiger partial charge is 0.330 e. The number of esters is 1. The molecule has 0 aliphatic heterocycles. The lowest BCUT2D eigenvalue weighted by Gasteiger charge is -2.40. The fraction of sp³-hybridized carbons (Fsp3) is 0.250. The van der Waals surface area contributed by atoms with E-state index in [4.69, 9.17) is 4.74 Å². The van der Waals surface area contributed by atoms with Crippen molar-refractivity contribution in [3.8, 4) is 11.1 Å². The van der Waals surface area contributed by atoms with E-state index in [1.165, 1.54) is 34.4 Å². The molecule has 2 aliphatic carbocycles. The van der Waals surface area contributed by atoms with Crippen molar-refractivity contribution in [2.75, 3.05) is 6.61 Å². The highest BCUT2D eigenvalue weighted by atomic mass is 79.9. The molecular formula is C28H24BrNO3. The topological polar surface area (TPSA) is 56.3 Å². The summed E-state index contributed by atoms with van der Waals surface area (Å²) in [6.07, 6.45) is 7.70. The van der Waals surface area contributed by atoms with Gasteiger partial charge in [-0.15, -0.1) is 0 Å². The number of carbonyl (C=O) groups excluding carboxylic acids is 2. The molecule has 0 bridgehead atoms. The molecule has 1 aromatic heterocycles. The van der Waals surface area contributed by atoms with Gasteiger partial charge in [-0.1, -0.05) is 55.0 Å². The molecule has 5 heteroatoms. The van der Waals surface area contributed by atoms with Crippen molar-refractivity contribution < 1.29 is 14.3 Å². The Morgan fingerprint density at radius 3 is 2.21 bits per heavy atom. The van der Waals surface area contributed by atoms with E-state index in [-0.39, 0.29) is 23.7 Å². The SMILES string of the molecule is O=C(/C=C/C(=O)OCC1c2ccccc2-c2ccccc21)CC1(c2ccc(Br)cn2)CCC1. The molecule has 33 heavy (non-hydrogen) atoms. The lowest BCUT2D eigenvalue weighted by molar-refractivity contribution is -0.138. The maximum atomic E-state index is 12.7. The first-order valence-electron chi connectivity index (χ1n) is 11.2. The maximum Gasteiger partial charge on any atom is 0.330 e. The largest absolute Gasteiger partial charge is 0.462 e. The minimum absolute atomic E-state index is 0.00664. The first-order chi connectivity index (χ1) is 16.1. The molecule has 2 aliphatic rings. The summed E-state index contributed by atoms with van der Waals surface area (Å²) in [6, 6.07) is 20.4. The van der Waals surface area contributed by atoms with Crippen LogP contribution in [0.1, 0.15) is 48.4 Å². The molecule has 3 aromatic rings. The minimum Gasteiger partial charge on any atom is -0.462 e. The summed E-state index contributed by atoms with van der Waals surface area (Å²) in [6.45, 7) is 0.248. The van der Waals surface area contributed by atoms with E-state index in [0.29, 0.717) is 6.42 Å². The summed E-state index contributed by atoms with van der Waals surface area (Å²) in [4.78, 5) is 29.6. The van der Waals surface area contributed by atoms with Gasteiger partial charge >= 0.3 is 5.97 Å². The second kappa shape index (κ2) is 9.06. The maximum absolute atomic E-state index is 12.7. The van der Waals surface area contributed by atoms with Gasteiger partial charge in [-0.25, -0.2) is 4.79 Å². The number of fused-ring (bicyclic) bond motifs is 3. The van der Waals surface area contributed by atoms with Gasteiger partial charge in [0.2, 0.25) is 0 Å². The van der Waals surface area contributed by atoms with Gasteiger partial charge in [0, 0.05) is 40.2 Å². The normalized spacial score (nSPS) is 16.2. The minimum atomic E-state index is -0.491. The predicted octanol–water partition coefficient (Wildman–Crippen LogP) is 6.14. The van der Waals surface area contributed by atoms with Gasteiger partial charge in [-0.05, 0) is 69.2 Å². The first-order valence-corrected chi connectivity index (χ1v) is 12.0. The van der Waals surface area contributed by atoms with Crippen molar-refractivity contribution >= 4 is 27.7 Å². The van der Waals surface area contributed by atoms with Crippen LogP contribution in [-0.2, 0) is 19.7 Å². The van der Waals surface area contributed by atoms with E-state index >= 15 is 0 Å². The average Bonchev–Trinajstić information content (AvgIpc) is 3.13. The molecule has 166 valence electrons. The van der Waals surface area contributed by atoms with Gasteiger partial charge in [0.1, 0.15) is 6.61 Å². The third-order valence-corrected chi connectivity index (χ3v) is 7.32. The molecule has 0 unspecified atom stereocenters. The molecule has 0 spiro atoms. The fourth-order valence-electron chi connectivity index (χ4n) is 5.02. The first kappa shape index (κ1) is 21.8. The Labute approximate surface area is 201 Å². The Balaban J connectivity index is 1.21. The lowest BCUT2D eigenvalue weighted by Crippen LogP contribution is -2.37. The van der Waals surface area contributed by atoms with E-state index in [1.807, 2.05) is 36.4 Å². The van der Waals surface area contributed by atoms with E-state index in [0.717, 1.165) is 29.4 Å². The van der Waals surface area contributed by atoms with Crippen LogP contribution in [0.2, 0.25) is 0 Å². The molecule has 0 saturated heterocycles. The van der Waals surface area contributed by atoms with Crippen LogP contribution in [0.4, 0.5) is 0 Å². The van der Waals surface area contributed by atoms with Crippen LogP contribution in [0, 0.1) is 0 Å². The molecule has 2 aromatic carbocycles. The third-order valence-electron chi connectivity index (χ3n) is 6.85. The predicted molar refractivity (Wildman–Crippen MR) is 131 cm³/mol. The summed E-state index contributed by atoms with van der Waals surface area (Å²) < 4.78 is 6.48. The molecule has 0 amide bonds. The van der Waals surface area contributed by atoms with Gasteiger partial charge in [0.15, 0.2) is 5.78 Å². The summed E-state index contributed by atoms with van der Waals surface area (Å²) in [7, 11) is 0. The molecule has 0 radical (unpaired) electrons. The highest BCUT2D eigenvalue weighted by Gasteiger charge is 2.41.